The summed E-state index contributed by atoms with van der Waals surface area (Å²) >= 11 is 3.95. The molecule has 100 valence electrons. The number of benzene rings is 1. The molecule has 1 fully saturated rings. The van der Waals surface area contributed by atoms with Crippen LogP contribution in [0.3, 0.4) is 0 Å². The van der Waals surface area contributed by atoms with Crippen LogP contribution in [0.25, 0.3) is 0 Å². The molecule has 1 atom stereocenters. The number of hydrogen-bond donors (Lipinski definition) is 0. The Morgan fingerprint density at radius 3 is 2.33 bits per heavy atom. The summed E-state index contributed by atoms with van der Waals surface area (Å²) in [7, 11) is 0. The summed E-state index contributed by atoms with van der Waals surface area (Å²) in [6.07, 6.45) is 9.77. The van der Waals surface area contributed by atoms with Gasteiger partial charge in [0.2, 0.25) is 0 Å². The molecule has 1 heteroatoms. The summed E-state index contributed by atoms with van der Waals surface area (Å²) in [6.45, 7) is 4.41. The minimum absolute atomic E-state index is 0.665. The lowest BCUT2D eigenvalue weighted by atomic mass is 9.92. The van der Waals surface area contributed by atoms with Crippen molar-refractivity contribution in [3.05, 3.63) is 34.9 Å². The largest absolute Gasteiger partial charge is 0.0884 e. The van der Waals surface area contributed by atoms with Crippen LogP contribution in [-0.4, -0.2) is 4.83 Å². The highest BCUT2D eigenvalue weighted by Crippen LogP contribution is 2.31. The minimum atomic E-state index is 0.665. The summed E-state index contributed by atoms with van der Waals surface area (Å²) < 4.78 is 0. The molecule has 0 spiro atoms. The summed E-state index contributed by atoms with van der Waals surface area (Å²) in [5, 5.41) is 0. The van der Waals surface area contributed by atoms with Crippen LogP contribution >= 0.6 is 15.9 Å². The average Bonchev–Trinajstić information content (AvgIpc) is 2.62. The predicted molar refractivity (Wildman–Crippen MR) is 83.5 cm³/mol. The van der Waals surface area contributed by atoms with Gasteiger partial charge in [-0.05, 0) is 55.7 Å². The third kappa shape index (κ3) is 3.85. The monoisotopic (exact) mass is 308 g/mol. The second kappa shape index (κ2) is 6.75. The van der Waals surface area contributed by atoms with Crippen LogP contribution in [0.1, 0.15) is 55.2 Å². The van der Waals surface area contributed by atoms with Crippen LogP contribution in [0.2, 0.25) is 0 Å². The lowest BCUT2D eigenvalue weighted by Crippen LogP contribution is -2.16. The normalized spacial score (nSPS) is 19.5. The van der Waals surface area contributed by atoms with E-state index in [1.165, 1.54) is 61.6 Å². The molecule has 2 rings (SSSR count). The van der Waals surface area contributed by atoms with Crippen LogP contribution in [-0.2, 0) is 6.42 Å². The number of aryl methyl sites for hydroxylation is 2. The summed E-state index contributed by atoms with van der Waals surface area (Å²) in [5.41, 5.74) is 4.32. The summed E-state index contributed by atoms with van der Waals surface area (Å²) in [5.74, 6) is 0.883. The maximum Gasteiger partial charge on any atom is 0.0214 e. The highest BCUT2D eigenvalue weighted by molar-refractivity contribution is 9.09. The third-order valence-electron chi connectivity index (χ3n) is 4.41. The van der Waals surface area contributed by atoms with Crippen LogP contribution in [0.15, 0.2) is 18.2 Å². The average molecular weight is 309 g/mol. The first-order valence-corrected chi connectivity index (χ1v) is 8.28. The molecule has 1 aliphatic carbocycles. The molecular weight excluding hydrogens is 284 g/mol. The van der Waals surface area contributed by atoms with Gasteiger partial charge in [0.25, 0.3) is 0 Å². The van der Waals surface area contributed by atoms with Gasteiger partial charge < -0.3 is 0 Å². The predicted octanol–water partition coefficient (Wildman–Crippen LogP) is 5.58. The molecule has 1 unspecified atom stereocenters. The van der Waals surface area contributed by atoms with Gasteiger partial charge in [-0.3, -0.25) is 0 Å². The summed E-state index contributed by atoms with van der Waals surface area (Å²) in [4.78, 5) is 0.665. The minimum Gasteiger partial charge on any atom is -0.0884 e. The Bertz CT molecular complexity index is 375. The van der Waals surface area contributed by atoms with Crippen molar-refractivity contribution in [2.75, 3.05) is 0 Å². The van der Waals surface area contributed by atoms with Crippen LogP contribution in [0, 0.1) is 19.8 Å². The molecule has 1 aliphatic rings. The maximum atomic E-state index is 3.95. The Hall–Kier alpha value is -0.300. The molecule has 1 aromatic rings. The molecule has 0 saturated heterocycles. The fraction of sp³-hybridized carbons (Fsp3) is 0.647. The van der Waals surface area contributed by atoms with Crippen molar-refractivity contribution < 1.29 is 0 Å². The van der Waals surface area contributed by atoms with Gasteiger partial charge in [-0.25, -0.2) is 0 Å². The first kappa shape index (κ1) is 14.1. The van der Waals surface area contributed by atoms with E-state index in [0.717, 1.165) is 5.92 Å². The zero-order valence-corrected chi connectivity index (χ0v) is 13.3. The van der Waals surface area contributed by atoms with E-state index in [1.54, 1.807) is 0 Å². The van der Waals surface area contributed by atoms with E-state index in [2.05, 4.69) is 48.0 Å². The van der Waals surface area contributed by atoms with E-state index in [-0.39, 0.29) is 0 Å². The van der Waals surface area contributed by atoms with Gasteiger partial charge in [0.05, 0.1) is 0 Å². The second-order valence-electron chi connectivity index (χ2n) is 5.89. The second-order valence-corrected chi connectivity index (χ2v) is 7.07. The van der Waals surface area contributed by atoms with Crippen molar-refractivity contribution in [2.24, 2.45) is 5.92 Å². The Morgan fingerprint density at radius 1 is 1.06 bits per heavy atom. The fourth-order valence-corrected chi connectivity index (χ4v) is 3.90. The molecular formula is C17H25Br. The maximum absolute atomic E-state index is 3.95. The lowest BCUT2D eigenvalue weighted by molar-refractivity contribution is 0.445. The van der Waals surface area contributed by atoms with Gasteiger partial charge in [0, 0.05) is 4.83 Å². The molecule has 0 amide bonds. The molecule has 1 saturated carbocycles. The van der Waals surface area contributed by atoms with Gasteiger partial charge in [0.15, 0.2) is 0 Å². The third-order valence-corrected chi connectivity index (χ3v) is 5.48. The van der Waals surface area contributed by atoms with E-state index in [4.69, 9.17) is 0 Å². The Morgan fingerprint density at radius 2 is 1.72 bits per heavy atom. The SMILES string of the molecule is Cc1ccc(CC(Br)C2CCCCCC2)cc1C. The van der Waals surface area contributed by atoms with Crippen LogP contribution in [0.5, 0.6) is 0 Å². The molecule has 0 aromatic heterocycles. The molecule has 0 nitrogen and oxygen atoms in total. The first-order chi connectivity index (χ1) is 8.66. The quantitative estimate of drug-likeness (QED) is 0.505. The topological polar surface area (TPSA) is 0 Å². The Balaban J connectivity index is 1.96. The van der Waals surface area contributed by atoms with E-state index in [0.29, 0.717) is 4.83 Å². The van der Waals surface area contributed by atoms with Crippen molar-refractivity contribution in [3.63, 3.8) is 0 Å². The molecule has 1 aromatic carbocycles. The van der Waals surface area contributed by atoms with Gasteiger partial charge >= 0.3 is 0 Å². The zero-order chi connectivity index (χ0) is 13.0. The summed E-state index contributed by atoms with van der Waals surface area (Å²) in [6, 6.07) is 6.92. The van der Waals surface area contributed by atoms with E-state index < -0.39 is 0 Å². The number of halogens is 1. The molecule has 0 N–H and O–H groups in total. The van der Waals surface area contributed by atoms with Crippen molar-refractivity contribution in [1.29, 1.82) is 0 Å². The number of hydrogen-bond acceptors (Lipinski definition) is 0. The standard InChI is InChI=1S/C17H25Br/c1-13-9-10-15(11-14(13)2)12-17(18)16-7-5-3-4-6-8-16/h9-11,16-17H,3-8,12H2,1-2H3. The highest BCUT2D eigenvalue weighted by Gasteiger charge is 2.20. The molecule has 0 aliphatic heterocycles. The molecule has 0 heterocycles. The van der Waals surface area contributed by atoms with Crippen molar-refractivity contribution in [2.45, 2.75) is 63.6 Å². The Labute approximate surface area is 120 Å². The Kier molecular flexibility index (Phi) is 5.29. The van der Waals surface area contributed by atoms with Gasteiger partial charge in [0.1, 0.15) is 0 Å². The smallest absolute Gasteiger partial charge is 0.0214 e. The van der Waals surface area contributed by atoms with Crippen LogP contribution < -0.4 is 0 Å². The lowest BCUT2D eigenvalue weighted by Gasteiger charge is -2.21. The van der Waals surface area contributed by atoms with Crippen molar-refractivity contribution in [1.82, 2.24) is 0 Å². The molecule has 18 heavy (non-hydrogen) atoms. The van der Waals surface area contributed by atoms with E-state index in [9.17, 15) is 0 Å². The number of alkyl halides is 1. The highest BCUT2D eigenvalue weighted by atomic mass is 79.9. The fourth-order valence-electron chi connectivity index (χ4n) is 2.99. The van der Waals surface area contributed by atoms with Gasteiger partial charge in [-0.1, -0.05) is 59.8 Å². The van der Waals surface area contributed by atoms with E-state index >= 15 is 0 Å². The molecule has 0 radical (unpaired) electrons. The first-order valence-electron chi connectivity index (χ1n) is 7.37. The van der Waals surface area contributed by atoms with Crippen molar-refractivity contribution in [3.8, 4) is 0 Å². The van der Waals surface area contributed by atoms with Gasteiger partial charge in [-0.15, -0.1) is 0 Å². The molecule has 0 bridgehead atoms. The van der Waals surface area contributed by atoms with E-state index in [1.807, 2.05) is 0 Å². The van der Waals surface area contributed by atoms with Gasteiger partial charge in [-0.2, -0.15) is 0 Å². The van der Waals surface area contributed by atoms with Crippen molar-refractivity contribution >= 4 is 15.9 Å². The zero-order valence-electron chi connectivity index (χ0n) is 11.7. The number of rotatable bonds is 3. The van der Waals surface area contributed by atoms with Crippen LogP contribution in [0.4, 0.5) is 0 Å².